The van der Waals surface area contributed by atoms with Crippen molar-refractivity contribution in [3.8, 4) is 0 Å². The van der Waals surface area contributed by atoms with Gasteiger partial charge in [-0.25, -0.2) is 9.13 Å². The zero-order valence-electron chi connectivity index (χ0n) is 62.8. The maximum absolute atomic E-state index is 13.1. The average Bonchev–Trinajstić information content (AvgIpc) is 1.18. The van der Waals surface area contributed by atoms with Crippen molar-refractivity contribution >= 4 is 39.5 Å². The second-order valence-electron chi connectivity index (χ2n) is 28.9. The van der Waals surface area contributed by atoms with Crippen LogP contribution in [0.5, 0.6) is 0 Å². The number of hydrogen-bond acceptors (Lipinski definition) is 15. The van der Waals surface area contributed by atoms with Gasteiger partial charge in [0, 0.05) is 25.7 Å². The minimum absolute atomic E-state index is 0.101. The summed E-state index contributed by atoms with van der Waals surface area (Å²) in [4.78, 5) is 72.7. The minimum Gasteiger partial charge on any atom is -0.462 e. The molecule has 0 fully saturated rings. The lowest BCUT2D eigenvalue weighted by Gasteiger charge is -2.21. The number of carbonyl (C=O) groups is 4. The van der Waals surface area contributed by atoms with Crippen molar-refractivity contribution in [2.45, 2.75) is 414 Å². The molecule has 0 spiro atoms. The second kappa shape index (κ2) is 67.5. The molecule has 0 aromatic carbocycles. The fraction of sp³-hybridized carbons (Fsp3) is 0.948. The van der Waals surface area contributed by atoms with Crippen molar-refractivity contribution in [1.82, 2.24) is 0 Å². The normalized spacial score (nSPS) is 14.3. The van der Waals surface area contributed by atoms with Crippen molar-refractivity contribution in [1.29, 1.82) is 0 Å². The van der Waals surface area contributed by atoms with Crippen LogP contribution in [0, 0.1) is 17.8 Å². The Balaban J connectivity index is 5.17. The van der Waals surface area contributed by atoms with Crippen molar-refractivity contribution in [2.24, 2.45) is 17.8 Å². The minimum atomic E-state index is -4.96. The Kier molecular flexibility index (Phi) is 66.2. The molecular formula is C77H150O17P2. The van der Waals surface area contributed by atoms with E-state index in [1.165, 1.54) is 199 Å². The maximum Gasteiger partial charge on any atom is 0.472 e. The van der Waals surface area contributed by atoms with Crippen LogP contribution in [0.1, 0.15) is 395 Å². The number of ether oxygens (including phenoxy) is 4. The van der Waals surface area contributed by atoms with Gasteiger partial charge in [-0.2, -0.15) is 0 Å². The predicted octanol–water partition coefficient (Wildman–Crippen LogP) is 22.6. The van der Waals surface area contributed by atoms with E-state index >= 15 is 0 Å². The topological polar surface area (TPSA) is 237 Å². The summed E-state index contributed by atoms with van der Waals surface area (Å²) in [6.45, 7) is 11.8. The van der Waals surface area contributed by atoms with Gasteiger partial charge in [-0.05, 0) is 43.4 Å². The first-order valence-electron chi connectivity index (χ1n) is 39.9. The maximum atomic E-state index is 13.1. The number of hydrogen-bond donors (Lipinski definition) is 3. The number of aliphatic hydroxyl groups excluding tert-OH is 1. The molecule has 0 radical (unpaired) electrons. The zero-order valence-corrected chi connectivity index (χ0v) is 64.6. The smallest absolute Gasteiger partial charge is 0.462 e. The first-order valence-corrected chi connectivity index (χ1v) is 42.9. The Labute approximate surface area is 588 Å². The molecule has 0 amide bonds. The van der Waals surface area contributed by atoms with Crippen LogP contribution in [-0.2, 0) is 65.4 Å². The summed E-state index contributed by atoms with van der Waals surface area (Å²) in [5, 5.41) is 10.6. The van der Waals surface area contributed by atoms with E-state index < -0.39 is 97.5 Å². The van der Waals surface area contributed by atoms with Crippen LogP contribution in [0.2, 0.25) is 0 Å². The van der Waals surface area contributed by atoms with Crippen LogP contribution in [-0.4, -0.2) is 96.7 Å². The summed E-state index contributed by atoms with van der Waals surface area (Å²) in [5.74, 6) is 0.0957. The van der Waals surface area contributed by atoms with E-state index in [4.69, 9.17) is 37.0 Å². The molecule has 0 aliphatic rings. The summed E-state index contributed by atoms with van der Waals surface area (Å²) in [6, 6.07) is 0. The molecule has 17 nitrogen and oxygen atoms in total. The molecule has 6 atom stereocenters. The third kappa shape index (κ3) is 69.2. The molecule has 96 heavy (non-hydrogen) atoms. The first kappa shape index (κ1) is 94.1. The number of esters is 4. The zero-order chi connectivity index (χ0) is 70.9. The van der Waals surface area contributed by atoms with E-state index in [2.05, 4.69) is 48.5 Å². The average molecular weight is 1410 g/mol. The highest BCUT2D eigenvalue weighted by Crippen LogP contribution is 2.45. The number of unbranched alkanes of at least 4 members (excludes halogenated alkanes) is 42. The van der Waals surface area contributed by atoms with Gasteiger partial charge in [0.1, 0.15) is 19.3 Å². The van der Waals surface area contributed by atoms with Crippen molar-refractivity contribution in [3.05, 3.63) is 0 Å². The third-order valence-electron chi connectivity index (χ3n) is 18.2. The lowest BCUT2D eigenvalue weighted by atomic mass is 9.99. The number of aliphatic hydroxyl groups is 1. The monoisotopic (exact) mass is 1410 g/mol. The molecule has 19 heteroatoms. The van der Waals surface area contributed by atoms with Crippen LogP contribution < -0.4 is 0 Å². The molecule has 0 heterocycles. The lowest BCUT2D eigenvalue weighted by Crippen LogP contribution is -2.30. The van der Waals surface area contributed by atoms with E-state index in [9.17, 15) is 43.2 Å². The molecular weight excluding hydrogens is 1260 g/mol. The van der Waals surface area contributed by atoms with Crippen LogP contribution >= 0.6 is 15.6 Å². The van der Waals surface area contributed by atoms with E-state index in [1.807, 2.05) is 0 Å². The van der Waals surface area contributed by atoms with Gasteiger partial charge in [-0.3, -0.25) is 37.3 Å². The van der Waals surface area contributed by atoms with E-state index in [-0.39, 0.29) is 25.7 Å². The van der Waals surface area contributed by atoms with Gasteiger partial charge in [0.15, 0.2) is 12.2 Å². The standard InChI is InChI=1S/C77H150O17P2/c1-8-10-11-12-13-14-15-16-17-23-26-29-32-35-44-51-58-74(79)87-64-72(93-76(81)60-53-46-36-33-30-27-24-21-19-18-20-22-25-28-31-34-43-50-57-70(7)9-2)66-91-95(83,84)89-62-71(78)63-90-96(85,86)92-67-73(94-77(82)61-54-47-40-38-42-49-56-69(5)6)65-88-75(80)59-52-45-39-37-41-48-55-68(3)4/h68-73,78H,8-67H2,1-7H3,(H,83,84)(H,85,86)/t70?,71-,72-,73-/m1/s1. The first-order chi connectivity index (χ1) is 46.3. The Bertz CT molecular complexity index is 1870. The second-order valence-corrected chi connectivity index (χ2v) is 31.8. The van der Waals surface area contributed by atoms with Gasteiger partial charge in [-0.1, -0.05) is 344 Å². The highest BCUT2D eigenvalue weighted by atomic mass is 31.2. The summed E-state index contributed by atoms with van der Waals surface area (Å²) in [5.41, 5.74) is 0. The Morgan fingerprint density at radius 2 is 0.531 bits per heavy atom. The van der Waals surface area contributed by atoms with Crippen molar-refractivity contribution in [2.75, 3.05) is 39.6 Å². The highest BCUT2D eigenvalue weighted by molar-refractivity contribution is 7.47. The summed E-state index contributed by atoms with van der Waals surface area (Å²) in [7, 11) is -9.91. The van der Waals surface area contributed by atoms with Gasteiger partial charge in [0.25, 0.3) is 0 Å². The molecule has 0 rings (SSSR count). The number of rotatable bonds is 75. The molecule has 570 valence electrons. The van der Waals surface area contributed by atoms with Gasteiger partial charge in [0.05, 0.1) is 26.4 Å². The molecule has 3 N–H and O–H groups in total. The van der Waals surface area contributed by atoms with E-state index in [0.717, 1.165) is 102 Å². The quantitative estimate of drug-likeness (QED) is 0.0222. The fourth-order valence-corrected chi connectivity index (χ4v) is 13.3. The van der Waals surface area contributed by atoms with Crippen LogP contribution in [0.3, 0.4) is 0 Å². The van der Waals surface area contributed by atoms with Crippen molar-refractivity contribution < 1.29 is 80.2 Å². The van der Waals surface area contributed by atoms with Gasteiger partial charge in [-0.15, -0.1) is 0 Å². The van der Waals surface area contributed by atoms with Crippen LogP contribution in [0.25, 0.3) is 0 Å². The third-order valence-corrected chi connectivity index (χ3v) is 20.1. The molecule has 3 unspecified atom stereocenters. The largest absolute Gasteiger partial charge is 0.472 e. The summed E-state index contributed by atoms with van der Waals surface area (Å²) < 4.78 is 68.4. The van der Waals surface area contributed by atoms with E-state index in [0.29, 0.717) is 37.5 Å². The number of carbonyl (C=O) groups excluding carboxylic acids is 4. The SMILES string of the molecule is CCCCCCCCCCCCCCCCCCC(=O)OC[C@H](COP(=O)(O)OC[C@@H](O)COP(=O)(O)OC[C@@H](COC(=O)CCCCCCCCC(C)C)OC(=O)CCCCCCCCC(C)C)OC(=O)CCCCCCCCCCCCCCCCCCCCC(C)CC. The molecule has 0 aliphatic carbocycles. The van der Waals surface area contributed by atoms with E-state index in [1.54, 1.807) is 0 Å². The molecule has 0 bridgehead atoms. The summed E-state index contributed by atoms with van der Waals surface area (Å²) in [6.07, 6.45) is 54.6. The molecule has 0 saturated heterocycles. The van der Waals surface area contributed by atoms with Gasteiger partial charge in [0.2, 0.25) is 0 Å². The Morgan fingerprint density at radius 1 is 0.302 bits per heavy atom. The van der Waals surface area contributed by atoms with Gasteiger partial charge < -0.3 is 33.8 Å². The Hall–Kier alpha value is -1.94. The molecule has 0 aromatic rings. The molecule has 0 aromatic heterocycles. The lowest BCUT2D eigenvalue weighted by molar-refractivity contribution is -0.161. The number of phosphoric ester groups is 2. The molecule has 0 saturated carbocycles. The highest BCUT2D eigenvalue weighted by Gasteiger charge is 2.30. The van der Waals surface area contributed by atoms with Crippen LogP contribution in [0.15, 0.2) is 0 Å². The Morgan fingerprint density at radius 3 is 0.792 bits per heavy atom. The fourth-order valence-electron chi connectivity index (χ4n) is 11.7. The molecule has 0 aliphatic heterocycles. The predicted molar refractivity (Wildman–Crippen MR) is 391 cm³/mol. The van der Waals surface area contributed by atoms with Crippen LogP contribution in [0.4, 0.5) is 0 Å². The van der Waals surface area contributed by atoms with Gasteiger partial charge >= 0.3 is 39.5 Å². The summed E-state index contributed by atoms with van der Waals surface area (Å²) >= 11 is 0. The number of phosphoric acid groups is 2. The van der Waals surface area contributed by atoms with Crippen molar-refractivity contribution in [3.63, 3.8) is 0 Å².